The molecule has 0 aliphatic carbocycles. The molecular formula is C2H3ClN3O4S-. The van der Waals surface area contributed by atoms with Crippen LogP contribution < -0.4 is 0 Å². The summed E-state index contributed by atoms with van der Waals surface area (Å²) < 4.78 is 17.5. The smallest absolute Gasteiger partial charge is 0.206 e. The van der Waals surface area contributed by atoms with Gasteiger partial charge >= 0.3 is 0 Å². The van der Waals surface area contributed by atoms with Crippen molar-refractivity contribution < 1.29 is 18.4 Å². The Kier molecular flexibility index (Phi) is 34.6. The number of rotatable bonds is 1. The van der Waals surface area contributed by atoms with E-state index in [1.165, 1.54) is 0 Å². The zero-order valence-corrected chi connectivity index (χ0v) is 6.62. The molecule has 0 aromatic carbocycles. The van der Waals surface area contributed by atoms with Crippen LogP contribution in [0.1, 0.15) is 0 Å². The Morgan fingerprint density at radius 1 is 1.73 bits per heavy atom. The number of nitrogens with zero attached hydrogens (tertiary/aromatic N) is 3. The minimum atomic E-state index is -2.39. The summed E-state index contributed by atoms with van der Waals surface area (Å²) in [5, 5.41) is 2.47. The number of hydrogen-bond donors (Lipinski definition) is 0. The van der Waals surface area contributed by atoms with Gasteiger partial charge in [0, 0.05) is 15.2 Å². The Labute approximate surface area is 68.8 Å². The van der Waals surface area contributed by atoms with Gasteiger partial charge in [-0.3, -0.25) is 9.00 Å². The van der Waals surface area contributed by atoms with Crippen LogP contribution >= 0.6 is 10.7 Å². The molecule has 0 saturated heterocycles. The summed E-state index contributed by atoms with van der Waals surface area (Å²) in [6.07, 6.45) is 0.139. The quantitative estimate of drug-likeness (QED) is 0.151. The van der Waals surface area contributed by atoms with Gasteiger partial charge < -0.3 is 9.35 Å². The van der Waals surface area contributed by atoms with Gasteiger partial charge in [-0.2, -0.15) is 0 Å². The number of amides is 1. The van der Waals surface area contributed by atoms with Crippen molar-refractivity contribution in [3.63, 3.8) is 0 Å². The Morgan fingerprint density at radius 3 is 2.00 bits per heavy atom. The van der Waals surface area contributed by atoms with Crippen LogP contribution in [-0.4, -0.2) is 22.0 Å². The number of halogens is 1. The molecule has 1 atom stereocenters. The molecule has 1 amide bonds. The van der Waals surface area contributed by atoms with Crippen LogP contribution in [0.5, 0.6) is 0 Å². The van der Waals surface area contributed by atoms with Gasteiger partial charge in [0.05, 0.1) is 0 Å². The summed E-state index contributed by atoms with van der Waals surface area (Å²) in [6, 6.07) is 0. The lowest BCUT2D eigenvalue weighted by Crippen LogP contribution is -1.61. The molecule has 0 aliphatic heterocycles. The van der Waals surface area contributed by atoms with E-state index in [0.717, 1.165) is 0 Å². The van der Waals surface area contributed by atoms with Crippen molar-refractivity contribution in [1.82, 2.24) is 0 Å². The summed E-state index contributed by atoms with van der Waals surface area (Å²) in [6.45, 7) is 2.00. The average molecular weight is 201 g/mol. The second-order valence-electron chi connectivity index (χ2n) is 0.504. The van der Waals surface area contributed by atoms with E-state index in [1.54, 1.807) is 0 Å². The van der Waals surface area contributed by atoms with E-state index >= 15 is 0 Å². The summed E-state index contributed by atoms with van der Waals surface area (Å²) >= 11 is 0. The number of azide groups is 1. The van der Waals surface area contributed by atoms with Gasteiger partial charge in [-0.15, -0.1) is 0 Å². The van der Waals surface area contributed by atoms with Crippen molar-refractivity contribution in [2.24, 2.45) is 5.11 Å². The maximum absolute atomic E-state index is 8.98. The van der Waals surface area contributed by atoms with Gasteiger partial charge in [0.1, 0.15) is 6.79 Å². The molecule has 0 aliphatic rings. The number of carbonyl (C=O) groups is 2. The largest absolute Gasteiger partial charge is 0.760 e. The molecule has 0 fully saturated rings. The SMILES string of the molecule is C=O.O=S([O-])Cl.[N-]=[N+]=NC=O. The second-order valence-corrected chi connectivity index (χ2v) is 1.65. The van der Waals surface area contributed by atoms with E-state index in [4.69, 9.17) is 23.9 Å². The van der Waals surface area contributed by atoms with Crippen LogP contribution in [0.15, 0.2) is 5.11 Å². The minimum absolute atomic E-state index is 0.139. The maximum atomic E-state index is 8.98. The molecule has 0 rings (SSSR count). The standard InChI is InChI=1S/CHN3O.CH2O.ClHO2S/c2-4-3-1-5;1-2;1-4(2)3/h1H;1H2;(H,2,3)/p-1. The first-order chi connectivity index (χ1) is 5.15. The van der Waals surface area contributed by atoms with Gasteiger partial charge in [0.15, 0.2) is 0 Å². The highest BCUT2D eigenvalue weighted by Crippen LogP contribution is 1.71. The fraction of sp³-hybridized carbons (Fsp3) is 0. The van der Waals surface area contributed by atoms with Crippen LogP contribution in [0.2, 0.25) is 0 Å². The molecule has 0 bridgehead atoms. The molecule has 9 heteroatoms. The van der Waals surface area contributed by atoms with Crippen molar-refractivity contribution in [1.29, 1.82) is 0 Å². The first-order valence-electron chi connectivity index (χ1n) is 1.67. The molecule has 0 radical (unpaired) electrons. The Morgan fingerprint density at radius 2 is 2.00 bits per heavy atom. The molecule has 7 nitrogen and oxygen atoms in total. The monoisotopic (exact) mass is 200 g/mol. The fourth-order valence-corrected chi connectivity index (χ4v) is 0.0211. The predicted octanol–water partition coefficient (Wildman–Crippen LogP) is 0.288. The zero-order valence-electron chi connectivity index (χ0n) is 5.05. The summed E-state index contributed by atoms with van der Waals surface area (Å²) in [5.41, 5.74) is 7.29. The van der Waals surface area contributed by atoms with E-state index in [0.29, 0.717) is 0 Å². The van der Waals surface area contributed by atoms with Crippen LogP contribution in [0.25, 0.3) is 10.4 Å². The Hall–Kier alpha value is -0.950. The van der Waals surface area contributed by atoms with E-state index in [1.807, 2.05) is 6.79 Å². The molecule has 11 heavy (non-hydrogen) atoms. The molecule has 0 saturated carbocycles. The molecule has 64 valence electrons. The van der Waals surface area contributed by atoms with Gasteiger partial charge in [-0.25, -0.2) is 0 Å². The van der Waals surface area contributed by atoms with E-state index in [2.05, 4.69) is 20.7 Å². The third kappa shape index (κ3) is 408. The van der Waals surface area contributed by atoms with Gasteiger partial charge in [-0.05, 0) is 21.3 Å². The molecule has 0 aromatic rings. The van der Waals surface area contributed by atoms with Crippen LogP contribution in [-0.2, 0) is 19.9 Å². The highest BCUT2D eigenvalue weighted by molar-refractivity contribution is 8.03. The molecule has 0 aromatic heterocycles. The maximum Gasteiger partial charge on any atom is 0.206 e. The first kappa shape index (κ1) is 16.6. The normalized spacial score (nSPS) is 8.18. The minimum Gasteiger partial charge on any atom is -0.760 e. The van der Waals surface area contributed by atoms with Gasteiger partial charge in [0.2, 0.25) is 6.41 Å². The van der Waals surface area contributed by atoms with Crippen LogP contribution in [0, 0.1) is 0 Å². The lowest BCUT2D eigenvalue weighted by molar-refractivity contribution is -0.106. The zero-order chi connectivity index (χ0) is 9.70. The van der Waals surface area contributed by atoms with Crippen molar-refractivity contribution in [3.8, 4) is 0 Å². The third-order valence-electron chi connectivity index (χ3n) is 0.0988. The number of carbonyl (C=O) groups excluding carboxylic acids is 2. The van der Waals surface area contributed by atoms with Crippen LogP contribution in [0.4, 0.5) is 0 Å². The summed E-state index contributed by atoms with van der Waals surface area (Å²) in [4.78, 5) is 19.1. The average Bonchev–Trinajstić information content (AvgIpc) is 1.93. The van der Waals surface area contributed by atoms with Crippen LogP contribution in [0.3, 0.4) is 0 Å². The van der Waals surface area contributed by atoms with Crippen molar-refractivity contribution in [3.05, 3.63) is 10.4 Å². The number of hydrogen-bond acceptors (Lipinski definition) is 4. The van der Waals surface area contributed by atoms with Gasteiger partial charge in [0.25, 0.3) is 0 Å². The van der Waals surface area contributed by atoms with E-state index in [9.17, 15) is 0 Å². The molecule has 0 spiro atoms. The fourth-order valence-electron chi connectivity index (χ4n) is 0.0211. The lowest BCUT2D eigenvalue weighted by atomic mass is 11.5. The topological polar surface area (TPSA) is 123 Å². The van der Waals surface area contributed by atoms with E-state index in [-0.39, 0.29) is 6.41 Å². The second kappa shape index (κ2) is 23.0. The Balaban J connectivity index is -0.0000000965. The lowest BCUT2D eigenvalue weighted by Gasteiger charge is -1.80. The van der Waals surface area contributed by atoms with Gasteiger partial charge in [-0.1, -0.05) is 0 Å². The molecule has 1 unspecified atom stereocenters. The summed E-state index contributed by atoms with van der Waals surface area (Å²) in [5.74, 6) is 0. The predicted molar refractivity (Wildman–Crippen MR) is 37.1 cm³/mol. The van der Waals surface area contributed by atoms with Crippen molar-refractivity contribution in [2.45, 2.75) is 0 Å². The van der Waals surface area contributed by atoms with Crippen molar-refractivity contribution >= 4 is 34.2 Å². The Bertz CT molecular complexity index is 153. The highest BCUT2D eigenvalue weighted by Gasteiger charge is 1.46. The van der Waals surface area contributed by atoms with Crippen molar-refractivity contribution in [2.75, 3.05) is 0 Å². The molecule has 0 heterocycles. The first-order valence-corrected chi connectivity index (χ1v) is 3.57. The van der Waals surface area contributed by atoms with E-state index < -0.39 is 10.3 Å². The summed E-state index contributed by atoms with van der Waals surface area (Å²) in [7, 11) is 1.80. The molecular weight excluding hydrogens is 198 g/mol. The molecule has 0 N–H and O–H groups in total. The highest BCUT2D eigenvalue weighted by atomic mass is 35.7. The third-order valence-corrected chi connectivity index (χ3v) is 0.0988.